The van der Waals surface area contributed by atoms with Crippen LogP contribution in [0.15, 0.2) is 51.8 Å². The van der Waals surface area contributed by atoms with Crippen LogP contribution in [0.3, 0.4) is 0 Å². The first kappa shape index (κ1) is 14.0. The Bertz CT molecular complexity index is 616. The second-order valence-electron chi connectivity index (χ2n) is 3.92. The lowest BCUT2D eigenvalue weighted by atomic mass is 10.1. The highest BCUT2D eigenvalue weighted by Gasteiger charge is 2.10. The summed E-state index contributed by atoms with van der Waals surface area (Å²) < 4.78 is 0.824. The number of halogens is 1. The number of nitrogens with two attached hydrogens (primary N) is 1. The van der Waals surface area contributed by atoms with Crippen LogP contribution in [0.2, 0.25) is 0 Å². The standard InChI is InChI=1S/C14H13BrN2OS/c1-19-11-4-2-3-10(8-11)17-14(18)12-7-9(15)5-6-13(12)16/h2-8H,16H2,1H3,(H,17,18). The molecule has 2 aromatic rings. The Balaban J connectivity index is 2.23. The van der Waals surface area contributed by atoms with Gasteiger partial charge in [-0.3, -0.25) is 4.79 Å². The summed E-state index contributed by atoms with van der Waals surface area (Å²) in [5.41, 5.74) is 7.50. The monoisotopic (exact) mass is 336 g/mol. The number of thioether (sulfide) groups is 1. The molecular formula is C14H13BrN2OS. The minimum absolute atomic E-state index is 0.211. The highest BCUT2D eigenvalue weighted by Crippen LogP contribution is 2.22. The third kappa shape index (κ3) is 3.52. The lowest BCUT2D eigenvalue weighted by Gasteiger charge is -2.09. The van der Waals surface area contributed by atoms with Gasteiger partial charge in [-0.15, -0.1) is 11.8 Å². The van der Waals surface area contributed by atoms with Crippen LogP contribution in [0.5, 0.6) is 0 Å². The Morgan fingerprint density at radius 1 is 1.26 bits per heavy atom. The van der Waals surface area contributed by atoms with E-state index < -0.39 is 0 Å². The summed E-state index contributed by atoms with van der Waals surface area (Å²) in [6.45, 7) is 0. The number of carbonyl (C=O) groups excluding carboxylic acids is 1. The molecule has 0 fully saturated rings. The maximum atomic E-state index is 12.2. The lowest BCUT2D eigenvalue weighted by Crippen LogP contribution is -2.14. The molecule has 2 rings (SSSR count). The Morgan fingerprint density at radius 3 is 2.79 bits per heavy atom. The van der Waals surface area contributed by atoms with Crippen LogP contribution in [-0.2, 0) is 0 Å². The van der Waals surface area contributed by atoms with E-state index in [4.69, 9.17) is 5.73 Å². The molecule has 0 saturated carbocycles. The van der Waals surface area contributed by atoms with Gasteiger partial charge in [0.15, 0.2) is 0 Å². The van der Waals surface area contributed by atoms with Crippen molar-refractivity contribution in [3.63, 3.8) is 0 Å². The van der Waals surface area contributed by atoms with Gasteiger partial charge in [-0.1, -0.05) is 22.0 Å². The van der Waals surface area contributed by atoms with E-state index in [2.05, 4.69) is 21.2 Å². The first-order chi connectivity index (χ1) is 9.10. The van der Waals surface area contributed by atoms with Crippen molar-refractivity contribution in [2.45, 2.75) is 4.90 Å². The van der Waals surface area contributed by atoms with Crippen molar-refractivity contribution >= 4 is 45.0 Å². The van der Waals surface area contributed by atoms with E-state index in [1.165, 1.54) is 0 Å². The Hall–Kier alpha value is -1.46. The van der Waals surface area contributed by atoms with Gasteiger partial charge in [0.25, 0.3) is 5.91 Å². The molecule has 1 amide bonds. The summed E-state index contributed by atoms with van der Waals surface area (Å²) in [4.78, 5) is 13.3. The highest BCUT2D eigenvalue weighted by atomic mass is 79.9. The zero-order valence-corrected chi connectivity index (χ0v) is 12.7. The van der Waals surface area contributed by atoms with Crippen LogP contribution in [0.25, 0.3) is 0 Å². The summed E-state index contributed by atoms with van der Waals surface area (Å²) in [6, 6.07) is 12.9. The van der Waals surface area contributed by atoms with Crippen molar-refractivity contribution in [2.75, 3.05) is 17.3 Å². The normalized spacial score (nSPS) is 10.2. The predicted molar refractivity (Wildman–Crippen MR) is 84.7 cm³/mol. The molecule has 98 valence electrons. The third-order valence-electron chi connectivity index (χ3n) is 2.59. The number of rotatable bonds is 3. The predicted octanol–water partition coefficient (Wildman–Crippen LogP) is 4.01. The maximum absolute atomic E-state index is 12.2. The van der Waals surface area contributed by atoms with Crippen LogP contribution >= 0.6 is 27.7 Å². The van der Waals surface area contributed by atoms with Crippen molar-refractivity contribution in [2.24, 2.45) is 0 Å². The number of anilines is 2. The molecule has 0 atom stereocenters. The van der Waals surface area contributed by atoms with Gasteiger partial charge < -0.3 is 11.1 Å². The van der Waals surface area contributed by atoms with E-state index >= 15 is 0 Å². The van der Waals surface area contributed by atoms with Crippen LogP contribution < -0.4 is 11.1 Å². The zero-order valence-electron chi connectivity index (χ0n) is 10.3. The van der Waals surface area contributed by atoms with Crippen molar-refractivity contribution in [1.82, 2.24) is 0 Å². The van der Waals surface area contributed by atoms with Crippen molar-refractivity contribution in [3.8, 4) is 0 Å². The largest absolute Gasteiger partial charge is 0.398 e. The number of benzene rings is 2. The molecule has 19 heavy (non-hydrogen) atoms. The first-order valence-corrected chi connectivity index (χ1v) is 7.62. The molecule has 3 N–H and O–H groups in total. The maximum Gasteiger partial charge on any atom is 0.257 e. The van der Waals surface area contributed by atoms with E-state index in [1.807, 2.05) is 30.5 Å². The van der Waals surface area contributed by atoms with Gasteiger partial charge in [0.2, 0.25) is 0 Å². The van der Waals surface area contributed by atoms with Gasteiger partial charge in [0, 0.05) is 20.7 Å². The quantitative estimate of drug-likeness (QED) is 0.657. The molecule has 0 spiro atoms. The smallest absolute Gasteiger partial charge is 0.257 e. The molecule has 3 nitrogen and oxygen atoms in total. The summed E-state index contributed by atoms with van der Waals surface area (Å²) in [5.74, 6) is -0.211. The number of nitrogen functional groups attached to an aromatic ring is 1. The van der Waals surface area contributed by atoms with Crippen LogP contribution in [0.1, 0.15) is 10.4 Å². The zero-order chi connectivity index (χ0) is 13.8. The Kier molecular flexibility index (Phi) is 4.50. The summed E-state index contributed by atoms with van der Waals surface area (Å²) in [5, 5.41) is 2.85. The number of nitrogens with one attached hydrogen (secondary N) is 1. The summed E-state index contributed by atoms with van der Waals surface area (Å²) >= 11 is 4.96. The molecule has 0 aliphatic heterocycles. The highest BCUT2D eigenvalue weighted by molar-refractivity contribution is 9.10. The average Bonchev–Trinajstić information content (AvgIpc) is 2.41. The fraction of sp³-hybridized carbons (Fsp3) is 0.0714. The molecule has 0 bridgehead atoms. The molecule has 2 aromatic carbocycles. The van der Waals surface area contributed by atoms with Gasteiger partial charge >= 0.3 is 0 Å². The molecule has 0 heterocycles. The van der Waals surface area contributed by atoms with E-state index in [0.717, 1.165) is 15.1 Å². The van der Waals surface area contributed by atoms with Crippen molar-refractivity contribution in [1.29, 1.82) is 0 Å². The van der Waals surface area contributed by atoms with Crippen molar-refractivity contribution in [3.05, 3.63) is 52.5 Å². The molecule has 0 unspecified atom stereocenters. The number of hydrogen-bond donors (Lipinski definition) is 2. The average molecular weight is 337 g/mol. The molecule has 0 saturated heterocycles. The van der Waals surface area contributed by atoms with E-state index in [9.17, 15) is 4.79 Å². The van der Waals surface area contributed by atoms with Crippen molar-refractivity contribution < 1.29 is 4.79 Å². The fourth-order valence-electron chi connectivity index (χ4n) is 1.62. The molecule has 0 aliphatic rings. The number of amides is 1. The molecular weight excluding hydrogens is 324 g/mol. The van der Waals surface area contributed by atoms with Gasteiger partial charge in [0.1, 0.15) is 0 Å². The lowest BCUT2D eigenvalue weighted by molar-refractivity contribution is 0.102. The van der Waals surface area contributed by atoms with Gasteiger partial charge in [0.05, 0.1) is 5.56 Å². The summed E-state index contributed by atoms with van der Waals surface area (Å²) in [6.07, 6.45) is 1.99. The van der Waals surface area contributed by atoms with E-state index in [1.54, 1.807) is 30.0 Å². The van der Waals surface area contributed by atoms with Crippen LogP contribution in [0, 0.1) is 0 Å². The second kappa shape index (κ2) is 6.12. The Labute approximate surface area is 124 Å². The van der Waals surface area contributed by atoms with Gasteiger partial charge in [-0.05, 0) is 42.7 Å². The number of hydrogen-bond acceptors (Lipinski definition) is 3. The molecule has 5 heteroatoms. The fourth-order valence-corrected chi connectivity index (χ4v) is 2.44. The van der Waals surface area contributed by atoms with Gasteiger partial charge in [-0.25, -0.2) is 0 Å². The van der Waals surface area contributed by atoms with E-state index in [-0.39, 0.29) is 5.91 Å². The van der Waals surface area contributed by atoms with Crippen LogP contribution in [-0.4, -0.2) is 12.2 Å². The van der Waals surface area contributed by atoms with Crippen LogP contribution in [0.4, 0.5) is 11.4 Å². The van der Waals surface area contributed by atoms with E-state index in [0.29, 0.717) is 11.3 Å². The summed E-state index contributed by atoms with van der Waals surface area (Å²) in [7, 11) is 0. The molecule has 0 aromatic heterocycles. The minimum atomic E-state index is -0.211. The molecule has 0 radical (unpaired) electrons. The SMILES string of the molecule is CSc1cccc(NC(=O)c2cc(Br)ccc2N)c1. The first-order valence-electron chi connectivity index (χ1n) is 5.60. The van der Waals surface area contributed by atoms with Gasteiger partial charge in [-0.2, -0.15) is 0 Å². The molecule has 0 aliphatic carbocycles. The Morgan fingerprint density at radius 2 is 2.05 bits per heavy atom. The topological polar surface area (TPSA) is 55.1 Å². The third-order valence-corrected chi connectivity index (χ3v) is 3.81. The minimum Gasteiger partial charge on any atom is -0.398 e. The second-order valence-corrected chi connectivity index (χ2v) is 5.71. The number of carbonyl (C=O) groups is 1.